The van der Waals surface area contributed by atoms with Crippen molar-refractivity contribution in [3.8, 4) is 0 Å². The predicted octanol–water partition coefficient (Wildman–Crippen LogP) is 0.497. The second kappa shape index (κ2) is 10.3. The molecule has 0 fully saturated rings. The molecular formula is C19H27N3O5. The van der Waals surface area contributed by atoms with Gasteiger partial charge in [-0.3, -0.25) is 14.4 Å². The summed E-state index contributed by atoms with van der Waals surface area (Å²) in [5.74, 6) is -2.19. The lowest BCUT2D eigenvalue weighted by molar-refractivity contribution is -0.151. The van der Waals surface area contributed by atoms with Crippen molar-refractivity contribution in [2.45, 2.75) is 26.8 Å². The minimum Gasteiger partial charge on any atom is -0.454 e. The van der Waals surface area contributed by atoms with Gasteiger partial charge in [0.2, 0.25) is 5.91 Å². The van der Waals surface area contributed by atoms with E-state index in [1.54, 1.807) is 53.1 Å². The van der Waals surface area contributed by atoms with Gasteiger partial charge in [-0.05, 0) is 24.5 Å². The molecule has 0 saturated heterocycles. The molecule has 27 heavy (non-hydrogen) atoms. The van der Waals surface area contributed by atoms with Gasteiger partial charge in [-0.2, -0.15) is 0 Å². The van der Waals surface area contributed by atoms with Crippen LogP contribution in [0.15, 0.2) is 24.3 Å². The van der Waals surface area contributed by atoms with Crippen LogP contribution in [0.3, 0.4) is 0 Å². The molecule has 0 aliphatic heterocycles. The maximum atomic E-state index is 12.4. The Morgan fingerprint density at radius 3 is 2.30 bits per heavy atom. The van der Waals surface area contributed by atoms with E-state index in [-0.39, 0.29) is 24.3 Å². The van der Waals surface area contributed by atoms with Crippen molar-refractivity contribution in [2.24, 2.45) is 5.92 Å². The topological polar surface area (TPSA) is 105 Å². The summed E-state index contributed by atoms with van der Waals surface area (Å²) in [6.07, 6.45) is 0. The Kier molecular flexibility index (Phi) is 8.44. The number of nitrogens with one attached hydrogen (secondary N) is 2. The monoisotopic (exact) mass is 377 g/mol. The van der Waals surface area contributed by atoms with Gasteiger partial charge in [-0.15, -0.1) is 0 Å². The third-order valence-electron chi connectivity index (χ3n) is 3.88. The Bertz CT molecular complexity index is 700. The van der Waals surface area contributed by atoms with Crippen molar-refractivity contribution < 1.29 is 23.9 Å². The largest absolute Gasteiger partial charge is 0.454 e. The normalized spacial score (nSPS) is 11.5. The van der Waals surface area contributed by atoms with Crippen LogP contribution in [-0.2, 0) is 19.1 Å². The minimum atomic E-state index is -0.895. The number of hydrogen-bond acceptors (Lipinski definition) is 5. The first-order chi connectivity index (χ1) is 12.6. The number of benzene rings is 1. The average molecular weight is 377 g/mol. The zero-order valence-electron chi connectivity index (χ0n) is 16.4. The first-order valence-electron chi connectivity index (χ1n) is 8.63. The molecule has 1 aromatic rings. The molecule has 0 spiro atoms. The van der Waals surface area contributed by atoms with E-state index in [1.165, 1.54) is 4.90 Å². The number of aryl methyl sites for hydroxylation is 1. The smallest absolute Gasteiger partial charge is 0.329 e. The van der Waals surface area contributed by atoms with Gasteiger partial charge in [0.1, 0.15) is 6.04 Å². The lowest BCUT2D eigenvalue weighted by Crippen LogP contribution is -2.46. The molecule has 1 rings (SSSR count). The number of amides is 3. The standard InChI is InChI=1S/C19H27N3O5/c1-12(2)17(21-18(25)14-9-7-6-8-13(14)3)19(26)27-11-15(23)20-10-16(24)22(4)5/h6-9,12,17H,10-11H2,1-5H3,(H,20,23)(H,21,25)/t17-/m0/s1. The van der Waals surface area contributed by atoms with Gasteiger partial charge >= 0.3 is 5.97 Å². The number of hydrogen-bond donors (Lipinski definition) is 2. The van der Waals surface area contributed by atoms with Gasteiger partial charge in [-0.1, -0.05) is 32.0 Å². The maximum absolute atomic E-state index is 12.4. The molecule has 0 bridgehead atoms. The van der Waals surface area contributed by atoms with E-state index in [1.807, 2.05) is 6.07 Å². The highest BCUT2D eigenvalue weighted by Crippen LogP contribution is 2.10. The summed E-state index contributed by atoms with van der Waals surface area (Å²) in [6, 6.07) is 6.14. The highest BCUT2D eigenvalue weighted by molar-refractivity contribution is 5.98. The maximum Gasteiger partial charge on any atom is 0.329 e. The summed E-state index contributed by atoms with van der Waals surface area (Å²) in [6.45, 7) is 4.63. The van der Waals surface area contributed by atoms with Crippen molar-refractivity contribution in [2.75, 3.05) is 27.2 Å². The summed E-state index contributed by atoms with van der Waals surface area (Å²) in [4.78, 5) is 49.2. The summed E-state index contributed by atoms with van der Waals surface area (Å²) < 4.78 is 5.00. The van der Waals surface area contributed by atoms with E-state index in [2.05, 4.69) is 10.6 Å². The van der Waals surface area contributed by atoms with Crippen LogP contribution in [0, 0.1) is 12.8 Å². The van der Waals surface area contributed by atoms with E-state index in [9.17, 15) is 19.2 Å². The van der Waals surface area contributed by atoms with Crippen LogP contribution in [0.5, 0.6) is 0 Å². The van der Waals surface area contributed by atoms with E-state index < -0.39 is 24.5 Å². The fraction of sp³-hybridized carbons (Fsp3) is 0.474. The van der Waals surface area contributed by atoms with Crippen LogP contribution < -0.4 is 10.6 Å². The van der Waals surface area contributed by atoms with Crippen molar-refractivity contribution >= 4 is 23.7 Å². The van der Waals surface area contributed by atoms with Gasteiger partial charge in [0.15, 0.2) is 6.61 Å². The Balaban J connectivity index is 2.61. The third kappa shape index (κ3) is 7.08. The molecule has 8 heteroatoms. The van der Waals surface area contributed by atoms with Crippen LogP contribution >= 0.6 is 0 Å². The van der Waals surface area contributed by atoms with Crippen LogP contribution in [0.25, 0.3) is 0 Å². The Labute approximate surface area is 159 Å². The number of likely N-dealkylation sites (N-methyl/N-ethyl adjacent to an activating group) is 1. The highest BCUT2D eigenvalue weighted by atomic mass is 16.5. The van der Waals surface area contributed by atoms with E-state index in [4.69, 9.17) is 4.74 Å². The second-order valence-electron chi connectivity index (χ2n) is 6.68. The molecule has 148 valence electrons. The molecule has 0 radical (unpaired) electrons. The third-order valence-corrected chi connectivity index (χ3v) is 3.88. The molecule has 2 N–H and O–H groups in total. The van der Waals surface area contributed by atoms with Crippen molar-refractivity contribution in [3.05, 3.63) is 35.4 Å². The number of carbonyl (C=O) groups is 4. The Hall–Kier alpha value is -2.90. The molecule has 0 unspecified atom stereocenters. The van der Waals surface area contributed by atoms with Gasteiger partial charge in [0.05, 0.1) is 6.54 Å². The zero-order valence-corrected chi connectivity index (χ0v) is 16.4. The van der Waals surface area contributed by atoms with Crippen LogP contribution in [0.1, 0.15) is 29.8 Å². The fourth-order valence-corrected chi connectivity index (χ4v) is 2.15. The molecule has 0 saturated carbocycles. The molecule has 0 heterocycles. The molecule has 1 aromatic carbocycles. The summed E-state index contributed by atoms with van der Waals surface area (Å²) in [7, 11) is 3.14. The van der Waals surface area contributed by atoms with Gasteiger partial charge in [-0.25, -0.2) is 4.79 Å². The SMILES string of the molecule is Cc1ccccc1C(=O)N[C@H](C(=O)OCC(=O)NCC(=O)N(C)C)C(C)C. The van der Waals surface area contributed by atoms with Gasteiger partial charge < -0.3 is 20.3 Å². The lowest BCUT2D eigenvalue weighted by Gasteiger charge is -2.21. The Morgan fingerprint density at radius 1 is 1.11 bits per heavy atom. The zero-order chi connectivity index (χ0) is 20.6. The van der Waals surface area contributed by atoms with E-state index in [0.29, 0.717) is 5.56 Å². The van der Waals surface area contributed by atoms with Crippen molar-refractivity contribution in [1.29, 1.82) is 0 Å². The van der Waals surface area contributed by atoms with E-state index in [0.717, 1.165) is 5.56 Å². The first kappa shape index (κ1) is 22.1. The quantitative estimate of drug-likeness (QED) is 0.642. The minimum absolute atomic E-state index is 0.180. The Morgan fingerprint density at radius 2 is 1.74 bits per heavy atom. The molecule has 0 aromatic heterocycles. The number of esters is 1. The second-order valence-corrected chi connectivity index (χ2v) is 6.68. The highest BCUT2D eigenvalue weighted by Gasteiger charge is 2.27. The average Bonchev–Trinajstić information content (AvgIpc) is 2.61. The molecular weight excluding hydrogens is 350 g/mol. The van der Waals surface area contributed by atoms with E-state index >= 15 is 0 Å². The molecule has 3 amide bonds. The lowest BCUT2D eigenvalue weighted by atomic mass is 10.0. The van der Waals surface area contributed by atoms with Crippen LogP contribution in [0.2, 0.25) is 0 Å². The van der Waals surface area contributed by atoms with Gasteiger partial charge in [0.25, 0.3) is 11.8 Å². The fourth-order valence-electron chi connectivity index (χ4n) is 2.15. The van der Waals surface area contributed by atoms with Crippen molar-refractivity contribution in [1.82, 2.24) is 15.5 Å². The van der Waals surface area contributed by atoms with Crippen molar-refractivity contribution in [3.63, 3.8) is 0 Å². The molecule has 8 nitrogen and oxygen atoms in total. The molecule has 0 aliphatic carbocycles. The van der Waals surface area contributed by atoms with Crippen LogP contribution in [-0.4, -0.2) is 61.9 Å². The summed E-state index contributed by atoms with van der Waals surface area (Å²) in [5, 5.41) is 5.02. The first-order valence-corrected chi connectivity index (χ1v) is 8.63. The summed E-state index contributed by atoms with van der Waals surface area (Å²) in [5.41, 5.74) is 1.26. The molecule has 1 atom stereocenters. The number of ether oxygens (including phenoxy) is 1. The number of carbonyl (C=O) groups excluding carboxylic acids is 4. The number of rotatable bonds is 8. The number of nitrogens with zero attached hydrogens (tertiary/aromatic N) is 1. The summed E-state index contributed by atoms with van der Waals surface area (Å²) >= 11 is 0. The van der Waals surface area contributed by atoms with Crippen LogP contribution in [0.4, 0.5) is 0 Å². The van der Waals surface area contributed by atoms with Gasteiger partial charge in [0, 0.05) is 19.7 Å². The predicted molar refractivity (Wildman–Crippen MR) is 99.9 cm³/mol. The molecule has 0 aliphatic rings.